The summed E-state index contributed by atoms with van der Waals surface area (Å²) in [4.78, 5) is 47.4. The summed E-state index contributed by atoms with van der Waals surface area (Å²) in [6.45, 7) is 0.325. The van der Waals surface area contributed by atoms with Crippen LogP contribution in [0.2, 0.25) is 0 Å². The van der Waals surface area contributed by atoms with Crippen molar-refractivity contribution in [2.24, 2.45) is 5.92 Å². The number of hydrogen-bond donors (Lipinski definition) is 2. The van der Waals surface area contributed by atoms with Crippen LogP contribution in [0.4, 0.5) is 4.79 Å². The standard InChI is InChI=1S/C22H23N2O6P/c25-14-18-11-12-23(21(18)31(27,28)29)20-19-9-5-4-8-17(19)10-13-24(20)22(26)30-15-16-6-2-1-3-7-16/h1-10,13-14,18,20-21H,11-12,15H2,(H2,27,28,29)/t18?,20-,21?/m1/s1. The topological polar surface area (TPSA) is 107 Å². The van der Waals surface area contributed by atoms with Crippen LogP contribution in [0.15, 0.2) is 60.8 Å². The molecule has 0 aliphatic carbocycles. The number of rotatable bonds is 5. The van der Waals surface area contributed by atoms with Gasteiger partial charge in [0.1, 0.15) is 24.8 Å². The molecule has 1 fully saturated rings. The zero-order valence-corrected chi connectivity index (χ0v) is 17.5. The molecule has 2 aliphatic rings. The van der Waals surface area contributed by atoms with Gasteiger partial charge in [0, 0.05) is 18.7 Å². The second-order valence-corrected chi connectivity index (χ2v) is 9.30. The number of fused-ring (bicyclic) bond motifs is 1. The lowest BCUT2D eigenvalue weighted by molar-refractivity contribution is -0.111. The smallest absolute Gasteiger partial charge is 0.415 e. The minimum Gasteiger partial charge on any atom is -0.444 e. The SMILES string of the molecule is O=CC1CCN([C@H]2c3ccccc3C=CN2C(=O)OCc2ccccc2)C1P(=O)(O)O. The second kappa shape index (κ2) is 8.77. The Morgan fingerprint density at radius 2 is 1.84 bits per heavy atom. The van der Waals surface area contributed by atoms with Crippen LogP contribution >= 0.6 is 7.60 Å². The van der Waals surface area contributed by atoms with Gasteiger partial charge in [-0.3, -0.25) is 14.4 Å². The first kappa shape index (κ1) is 21.5. The molecule has 2 aromatic rings. The molecule has 8 nitrogen and oxygen atoms in total. The highest BCUT2D eigenvalue weighted by molar-refractivity contribution is 7.52. The number of amides is 1. The third-order valence-corrected chi connectivity index (χ3v) is 7.01. The van der Waals surface area contributed by atoms with Crippen molar-refractivity contribution in [3.05, 3.63) is 77.5 Å². The molecule has 4 rings (SSSR count). The fraction of sp³-hybridized carbons (Fsp3) is 0.273. The molecule has 1 saturated heterocycles. The molecule has 3 atom stereocenters. The van der Waals surface area contributed by atoms with Crippen molar-refractivity contribution in [1.82, 2.24) is 9.80 Å². The van der Waals surface area contributed by atoms with E-state index in [0.29, 0.717) is 18.3 Å². The predicted octanol–water partition coefficient (Wildman–Crippen LogP) is 3.33. The molecule has 9 heteroatoms. The van der Waals surface area contributed by atoms with Crippen LogP contribution in [0, 0.1) is 5.92 Å². The zero-order chi connectivity index (χ0) is 22.0. The molecule has 2 N–H and O–H groups in total. The van der Waals surface area contributed by atoms with Gasteiger partial charge >= 0.3 is 13.7 Å². The molecule has 0 aromatic heterocycles. The summed E-state index contributed by atoms with van der Waals surface area (Å²) in [6, 6.07) is 16.6. The molecule has 2 aromatic carbocycles. The van der Waals surface area contributed by atoms with Gasteiger partial charge in [0.2, 0.25) is 0 Å². The van der Waals surface area contributed by atoms with Crippen LogP contribution in [-0.4, -0.2) is 44.3 Å². The van der Waals surface area contributed by atoms with Gasteiger partial charge in [-0.05, 0) is 29.2 Å². The Labute approximate surface area is 179 Å². The zero-order valence-electron chi connectivity index (χ0n) is 16.7. The Hall–Kier alpha value is -2.77. The molecule has 0 spiro atoms. The third kappa shape index (κ3) is 4.34. The lowest BCUT2D eigenvalue weighted by Crippen LogP contribution is -2.46. The number of ether oxygens (including phenoxy) is 1. The molecular weight excluding hydrogens is 419 g/mol. The van der Waals surface area contributed by atoms with Gasteiger partial charge in [-0.2, -0.15) is 0 Å². The summed E-state index contributed by atoms with van der Waals surface area (Å²) in [6.07, 6.45) is 2.77. The van der Waals surface area contributed by atoms with Gasteiger partial charge in [0.05, 0.1) is 0 Å². The van der Waals surface area contributed by atoms with Gasteiger partial charge in [0.25, 0.3) is 0 Å². The van der Waals surface area contributed by atoms with Crippen LogP contribution in [0.25, 0.3) is 6.08 Å². The maximum atomic E-state index is 13.0. The number of hydrogen-bond acceptors (Lipinski definition) is 5. The van der Waals surface area contributed by atoms with E-state index in [0.717, 1.165) is 11.1 Å². The van der Waals surface area contributed by atoms with E-state index in [4.69, 9.17) is 4.74 Å². The maximum absolute atomic E-state index is 13.0. The highest BCUT2D eigenvalue weighted by atomic mass is 31.2. The first-order chi connectivity index (χ1) is 14.9. The van der Waals surface area contributed by atoms with Crippen LogP contribution < -0.4 is 0 Å². The molecule has 0 saturated carbocycles. The van der Waals surface area contributed by atoms with Gasteiger partial charge < -0.3 is 19.3 Å². The van der Waals surface area contributed by atoms with Crippen molar-refractivity contribution < 1.29 is 28.7 Å². The first-order valence-corrected chi connectivity index (χ1v) is 11.6. The number of carbonyl (C=O) groups is 2. The van der Waals surface area contributed by atoms with Crippen molar-refractivity contribution in [2.75, 3.05) is 6.54 Å². The molecular formula is C22H23N2O6P. The molecule has 31 heavy (non-hydrogen) atoms. The average molecular weight is 442 g/mol. The van der Waals surface area contributed by atoms with Crippen LogP contribution in [-0.2, 0) is 20.7 Å². The van der Waals surface area contributed by atoms with Gasteiger partial charge in [0.15, 0.2) is 0 Å². The van der Waals surface area contributed by atoms with E-state index in [1.54, 1.807) is 23.2 Å². The third-order valence-electron chi connectivity index (χ3n) is 5.65. The Kier molecular flexibility index (Phi) is 6.07. The summed E-state index contributed by atoms with van der Waals surface area (Å²) in [5.74, 6) is -2.12. The fourth-order valence-corrected chi connectivity index (χ4v) is 5.60. The van der Waals surface area contributed by atoms with E-state index in [1.807, 2.05) is 48.5 Å². The van der Waals surface area contributed by atoms with Crippen molar-refractivity contribution in [2.45, 2.75) is 25.0 Å². The monoisotopic (exact) mass is 442 g/mol. The summed E-state index contributed by atoms with van der Waals surface area (Å²) in [5.41, 5.74) is 2.37. The number of nitrogens with zero attached hydrogens (tertiary/aromatic N) is 2. The molecule has 2 heterocycles. The Balaban J connectivity index is 1.67. The number of aldehydes is 1. The summed E-state index contributed by atoms with van der Waals surface area (Å²) >= 11 is 0. The predicted molar refractivity (Wildman–Crippen MR) is 113 cm³/mol. The molecule has 0 radical (unpaired) electrons. The van der Waals surface area contributed by atoms with Crippen LogP contribution in [0.5, 0.6) is 0 Å². The Bertz CT molecular complexity index is 1040. The summed E-state index contributed by atoms with van der Waals surface area (Å²) < 4.78 is 17.8. The molecule has 1 amide bonds. The van der Waals surface area contributed by atoms with Crippen molar-refractivity contribution in [3.63, 3.8) is 0 Å². The van der Waals surface area contributed by atoms with Crippen molar-refractivity contribution in [3.8, 4) is 0 Å². The minimum atomic E-state index is -4.65. The van der Waals surface area contributed by atoms with Crippen molar-refractivity contribution >= 4 is 26.1 Å². The number of likely N-dealkylation sites (tertiary alicyclic amines) is 1. The van der Waals surface area contributed by atoms with E-state index >= 15 is 0 Å². The molecule has 2 aliphatic heterocycles. The molecule has 2 unspecified atom stereocenters. The highest BCUT2D eigenvalue weighted by Crippen LogP contribution is 2.53. The van der Waals surface area contributed by atoms with E-state index < -0.39 is 31.6 Å². The Morgan fingerprint density at radius 3 is 2.55 bits per heavy atom. The largest absolute Gasteiger partial charge is 0.444 e. The Morgan fingerprint density at radius 1 is 1.13 bits per heavy atom. The number of carbonyl (C=O) groups excluding carboxylic acids is 2. The fourth-order valence-electron chi connectivity index (χ4n) is 4.26. The highest BCUT2D eigenvalue weighted by Gasteiger charge is 2.50. The molecule has 0 bridgehead atoms. The minimum absolute atomic E-state index is 0.0667. The maximum Gasteiger partial charge on any atom is 0.415 e. The van der Waals surface area contributed by atoms with Gasteiger partial charge in [-0.15, -0.1) is 0 Å². The first-order valence-electron chi connectivity index (χ1n) is 9.92. The summed E-state index contributed by atoms with van der Waals surface area (Å²) in [7, 11) is -4.65. The van der Waals surface area contributed by atoms with Gasteiger partial charge in [-0.1, -0.05) is 54.6 Å². The lowest BCUT2D eigenvalue weighted by atomic mass is 10.0. The van der Waals surface area contributed by atoms with Crippen molar-refractivity contribution in [1.29, 1.82) is 0 Å². The molecule has 162 valence electrons. The van der Waals surface area contributed by atoms with E-state index in [-0.39, 0.29) is 13.2 Å². The van der Waals surface area contributed by atoms with E-state index in [1.165, 1.54) is 4.90 Å². The van der Waals surface area contributed by atoms with Gasteiger partial charge in [-0.25, -0.2) is 4.79 Å². The average Bonchev–Trinajstić information content (AvgIpc) is 3.22. The second-order valence-electron chi connectivity index (χ2n) is 7.59. The van der Waals surface area contributed by atoms with Crippen LogP contribution in [0.1, 0.15) is 29.3 Å². The summed E-state index contributed by atoms with van der Waals surface area (Å²) in [5, 5.41) is 0. The lowest BCUT2D eigenvalue weighted by Gasteiger charge is -2.41. The van der Waals surface area contributed by atoms with E-state index in [9.17, 15) is 23.9 Å². The number of benzene rings is 2. The quantitative estimate of drug-likeness (QED) is 0.540. The van der Waals surface area contributed by atoms with Crippen LogP contribution in [0.3, 0.4) is 0 Å². The normalized spacial score (nSPS) is 23.4. The van der Waals surface area contributed by atoms with E-state index in [2.05, 4.69) is 0 Å².